The van der Waals surface area contributed by atoms with Gasteiger partial charge in [0.25, 0.3) is 10.0 Å². The lowest BCUT2D eigenvalue weighted by Gasteiger charge is -2.11. The van der Waals surface area contributed by atoms with Gasteiger partial charge in [-0.15, -0.1) is 22.0 Å². The van der Waals surface area contributed by atoms with Crippen LogP contribution >= 0.6 is 23.4 Å². The Kier molecular flexibility index (Phi) is 8.09. The fraction of sp³-hybridized carbons (Fsp3) is 0.227. The average molecular weight is 517 g/mol. The molecule has 0 spiro atoms. The Morgan fingerprint density at radius 2 is 1.79 bits per heavy atom. The van der Waals surface area contributed by atoms with Gasteiger partial charge in [0.1, 0.15) is 11.1 Å². The molecule has 9 nitrogen and oxygen atoms in total. The highest BCUT2D eigenvalue weighted by Gasteiger charge is 2.16. The molecule has 0 saturated carbocycles. The molecule has 0 unspecified atom stereocenters. The fourth-order valence-corrected chi connectivity index (χ4v) is 5.02. The van der Waals surface area contributed by atoms with Crippen molar-refractivity contribution in [3.63, 3.8) is 0 Å². The molecule has 0 bridgehead atoms. The topological polar surface area (TPSA) is 138 Å². The predicted molar refractivity (Wildman–Crippen MR) is 131 cm³/mol. The zero-order chi connectivity index (χ0) is 24.9. The highest BCUT2D eigenvalue weighted by molar-refractivity contribution is 7.99. The first-order chi connectivity index (χ1) is 16.1. The van der Waals surface area contributed by atoms with E-state index in [1.165, 1.54) is 48.2 Å². The molecule has 12 heteroatoms. The minimum absolute atomic E-state index is 0.00183. The van der Waals surface area contributed by atoms with Crippen molar-refractivity contribution in [2.24, 2.45) is 0 Å². The molecule has 2 aromatic heterocycles. The number of carbonyl (C=O) groups excluding carboxylic acids is 1. The van der Waals surface area contributed by atoms with E-state index in [0.29, 0.717) is 22.0 Å². The van der Waals surface area contributed by atoms with Gasteiger partial charge in [-0.05, 0) is 68.3 Å². The van der Waals surface area contributed by atoms with E-state index in [2.05, 4.69) is 31.3 Å². The molecule has 0 fully saturated rings. The van der Waals surface area contributed by atoms with Crippen LogP contribution in [-0.2, 0) is 14.8 Å². The first-order valence-corrected chi connectivity index (χ1v) is 12.9. The number of sulfonamides is 1. The number of benzene rings is 1. The summed E-state index contributed by atoms with van der Waals surface area (Å²) in [7, 11) is -3.88. The molecule has 3 rings (SSSR count). The van der Waals surface area contributed by atoms with Crippen molar-refractivity contribution in [3.05, 3.63) is 63.9 Å². The highest BCUT2D eigenvalue weighted by Crippen LogP contribution is 2.27. The molecule has 2 heterocycles. The van der Waals surface area contributed by atoms with Crippen molar-refractivity contribution in [3.8, 4) is 6.07 Å². The van der Waals surface area contributed by atoms with Crippen LogP contribution in [0.5, 0.6) is 0 Å². The zero-order valence-electron chi connectivity index (χ0n) is 18.6. The van der Waals surface area contributed by atoms with E-state index in [9.17, 15) is 18.5 Å². The monoisotopic (exact) mass is 516 g/mol. The molecule has 0 saturated heterocycles. The highest BCUT2D eigenvalue weighted by atomic mass is 35.5. The number of nitrogens with one attached hydrogen (secondary N) is 2. The second-order valence-corrected chi connectivity index (χ2v) is 10.4. The van der Waals surface area contributed by atoms with E-state index in [4.69, 9.17) is 11.6 Å². The Balaban J connectivity index is 1.57. The number of halogens is 1. The summed E-state index contributed by atoms with van der Waals surface area (Å²) in [6.07, 6.45) is 0.194. The standard InChI is InChI=1S/C22H21ClN6O3S2/c1-13-14(2)18(12-24)22(25-15(13)3)33-11-10-21(30)26-16-4-6-17(7-5-16)34(31,32)29-20-9-8-19(23)27-28-20/h4-9H,10-11H2,1-3H3,(H,26,30)(H,28,29). The van der Waals surface area contributed by atoms with Gasteiger partial charge in [0, 0.05) is 23.6 Å². The van der Waals surface area contributed by atoms with Crippen LogP contribution < -0.4 is 10.0 Å². The number of aryl methyl sites for hydroxylation is 1. The number of hydrogen-bond acceptors (Lipinski definition) is 8. The van der Waals surface area contributed by atoms with Gasteiger partial charge in [0.15, 0.2) is 11.0 Å². The molecule has 34 heavy (non-hydrogen) atoms. The van der Waals surface area contributed by atoms with Crippen molar-refractivity contribution in [2.75, 3.05) is 15.8 Å². The molecule has 2 N–H and O–H groups in total. The van der Waals surface area contributed by atoms with Crippen LogP contribution in [0.25, 0.3) is 0 Å². The van der Waals surface area contributed by atoms with Gasteiger partial charge in [-0.25, -0.2) is 13.4 Å². The maximum absolute atomic E-state index is 12.5. The van der Waals surface area contributed by atoms with E-state index >= 15 is 0 Å². The van der Waals surface area contributed by atoms with E-state index in [1.54, 1.807) is 0 Å². The predicted octanol–water partition coefficient (Wildman–Crippen LogP) is 4.24. The molecule has 3 aromatic rings. The van der Waals surface area contributed by atoms with Crippen molar-refractivity contribution in [1.82, 2.24) is 15.2 Å². The molecule has 1 aromatic carbocycles. The van der Waals surface area contributed by atoms with E-state index in [1.807, 2.05) is 20.8 Å². The van der Waals surface area contributed by atoms with Crippen LogP contribution in [0.15, 0.2) is 46.3 Å². The number of nitriles is 1. The van der Waals surface area contributed by atoms with E-state index in [-0.39, 0.29) is 28.2 Å². The number of amides is 1. The SMILES string of the molecule is Cc1nc(SCCC(=O)Nc2ccc(S(=O)(=O)Nc3ccc(Cl)nn3)cc2)c(C#N)c(C)c1C. The second kappa shape index (κ2) is 10.8. The summed E-state index contributed by atoms with van der Waals surface area (Å²) in [6, 6.07) is 10.7. The molecule has 176 valence electrons. The van der Waals surface area contributed by atoms with Gasteiger partial charge in [-0.3, -0.25) is 9.52 Å². The number of rotatable bonds is 8. The van der Waals surface area contributed by atoms with Gasteiger partial charge >= 0.3 is 0 Å². The molecule has 0 aliphatic heterocycles. The first-order valence-electron chi connectivity index (χ1n) is 10.0. The molecule has 0 atom stereocenters. The minimum Gasteiger partial charge on any atom is -0.326 e. The van der Waals surface area contributed by atoms with Gasteiger partial charge in [0.05, 0.1) is 10.5 Å². The lowest BCUT2D eigenvalue weighted by atomic mass is 10.1. The minimum atomic E-state index is -3.88. The van der Waals surface area contributed by atoms with Crippen LogP contribution in [0.1, 0.15) is 28.8 Å². The summed E-state index contributed by atoms with van der Waals surface area (Å²) in [5.41, 5.74) is 3.73. The summed E-state index contributed by atoms with van der Waals surface area (Å²) in [5, 5.41) is 20.2. The molecule has 0 radical (unpaired) electrons. The summed E-state index contributed by atoms with van der Waals surface area (Å²) in [6.45, 7) is 5.71. The molecule has 0 aliphatic rings. The third-order valence-electron chi connectivity index (χ3n) is 4.96. The van der Waals surface area contributed by atoms with Crippen molar-refractivity contribution in [1.29, 1.82) is 5.26 Å². The van der Waals surface area contributed by atoms with Gasteiger partial charge in [0.2, 0.25) is 5.91 Å². The van der Waals surface area contributed by atoms with E-state index in [0.717, 1.165) is 16.8 Å². The Labute approximate surface area is 207 Å². The Hall–Kier alpha value is -3.20. The molecule has 1 amide bonds. The quantitative estimate of drug-likeness (QED) is 0.424. The second-order valence-electron chi connectivity index (χ2n) is 7.26. The first kappa shape index (κ1) is 25.4. The third-order valence-corrected chi connectivity index (χ3v) is 7.51. The summed E-state index contributed by atoms with van der Waals surface area (Å²) < 4.78 is 27.3. The summed E-state index contributed by atoms with van der Waals surface area (Å²) >= 11 is 7.00. The number of nitrogens with zero attached hydrogens (tertiary/aromatic N) is 4. The van der Waals surface area contributed by atoms with Crippen LogP contribution in [0.2, 0.25) is 5.15 Å². The third kappa shape index (κ3) is 6.22. The molecular formula is C22H21ClN6O3S2. The summed E-state index contributed by atoms with van der Waals surface area (Å²) in [5.74, 6) is 0.234. The van der Waals surface area contributed by atoms with Gasteiger partial charge in [-0.1, -0.05) is 11.6 Å². The maximum atomic E-state index is 12.5. The normalized spacial score (nSPS) is 11.0. The van der Waals surface area contributed by atoms with Crippen molar-refractivity contribution >= 4 is 50.8 Å². The maximum Gasteiger partial charge on any atom is 0.263 e. The van der Waals surface area contributed by atoms with Gasteiger partial charge < -0.3 is 5.32 Å². The van der Waals surface area contributed by atoms with Crippen molar-refractivity contribution < 1.29 is 13.2 Å². The fourth-order valence-electron chi connectivity index (χ4n) is 2.90. The number of pyridine rings is 1. The number of aromatic nitrogens is 3. The largest absolute Gasteiger partial charge is 0.326 e. The van der Waals surface area contributed by atoms with Gasteiger partial charge in [-0.2, -0.15) is 5.26 Å². The summed E-state index contributed by atoms with van der Waals surface area (Å²) in [4.78, 5) is 16.8. The lowest BCUT2D eigenvalue weighted by molar-refractivity contribution is -0.115. The average Bonchev–Trinajstić information content (AvgIpc) is 2.79. The lowest BCUT2D eigenvalue weighted by Crippen LogP contribution is -2.15. The smallest absolute Gasteiger partial charge is 0.263 e. The number of thioether (sulfide) groups is 1. The Morgan fingerprint density at radius 1 is 1.09 bits per heavy atom. The number of carbonyl (C=O) groups is 1. The van der Waals surface area contributed by atoms with Crippen molar-refractivity contribution in [2.45, 2.75) is 37.1 Å². The molecular weight excluding hydrogens is 496 g/mol. The van der Waals surface area contributed by atoms with Crippen LogP contribution in [-0.4, -0.2) is 35.3 Å². The number of anilines is 2. The Morgan fingerprint density at radius 3 is 2.41 bits per heavy atom. The van der Waals surface area contributed by atoms with E-state index < -0.39 is 10.0 Å². The molecule has 0 aliphatic carbocycles. The van der Waals surface area contributed by atoms with Crippen LogP contribution in [0.3, 0.4) is 0 Å². The number of hydrogen-bond donors (Lipinski definition) is 2. The zero-order valence-corrected chi connectivity index (χ0v) is 21.0. The Bertz CT molecular complexity index is 1360. The van der Waals surface area contributed by atoms with Crippen LogP contribution in [0.4, 0.5) is 11.5 Å². The van der Waals surface area contributed by atoms with Crippen LogP contribution in [0, 0.1) is 32.1 Å².